The van der Waals surface area contributed by atoms with Gasteiger partial charge in [0.05, 0.1) is 17.7 Å². The number of benzene rings is 4. The van der Waals surface area contributed by atoms with Gasteiger partial charge >= 0.3 is 0 Å². The van der Waals surface area contributed by atoms with E-state index in [-0.39, 0.29) is 17.3 Å². The summed E-state index contributed by atoms with van der Waals surface area (Å²) in [6.45, 7) is 3.96. The second-order valence-electron chi connectivity index (χ2n) is 7.29. The molecule has 1 N–H and O–H groups in total. The average Bonchev–Trinajstić information content (AvgIpc) is 2.78. The number of carbonyl (C=O) groups is 2. The maximum atomic E-state index is 11.8. The summed E-state index contributed by atoms with van der Waals surface area (Å²) in [6.07, 6.45) is 0. The Labute approximate surface area is 187 Å². The standard InChI is InChI=1S/C15H16O3.C12H10O2/c1-11(16)15-13-6-4-3-5-12(13)7-8-14(15)18-10-9-17-2;1-8(13)12-10-5-3-2-4-9(10)6-7-11(12)14/h3-8H,9-10H2,1-2H3;2-7,14H,1H3. The molecular weight excluding hydrogens is 404 g/mol. The van der Waals surface area contributed by atoms with Crippen LogP contribution in [0.4, 0.5) is 0 Å². The largest absolute Gasteiger partial charge is 0.507 e. The minimum absolute atomic E-state index is 0.0132. The third-order valence-corrected chi connectivity index (χ3v) is 5.05. The number of hydrogen-bond acceptors (Lipinski definition) is 5. The summed E-state index contributed by atoms with van der Waals surface area (Å²) in [5, 5.41) is 13.3. The van der Waals surface area contributed by atoms with E-state index in [0.717, 1.165) is 21.5 Å². The number of fused-ring (bicyclic) bond motifs is 2. The lowest BCUT2D eigenvalue weighted by molar-refractivity contribution is 0.100. The molecule has 0 spiro atoms. The first-order chi connectivity index (χ1) is 15.4. The van der Waals surface area contributed by atoms with Gasteiger partial charge in [0.15, 0.2) is 11.6 Å². The summed E-state index contributed by atoms with van der Waals surface area (Å²) >= 11 is 0. The zero-order chi connectivity index (χ0) is 23.1. The molecule has 0 aliphatic carbocycles. The molecule has 0 amide bonds. The number of hydrogen-bond donors (Lipinski definition) is 1. The molecular formula is C27H26O5. The molecule has 0 aliphatic rings. The number of methoxy groups -OCH3 is 1. The molecule has 0 aromatic heterocycles. The Kier molecular flexibility index (Phi) is 7.58. The summed E-state index contributed by atoms with van der Waals surface area (Å²) < 4.78 is 10.5. The van der Waals surface area contributed by atoms with E-state index < -0.39 is 0 Å². The first kappa shape index (κ1) is 23.0. The molecule has 0 bridgehead atoms. The number of ether oxygens (including phenoxy) is 2. The van der Waals surface area contributed by atoms with Crippen LogP contribution in [0.1, 0.15) is 34.6 Å². The summed E-state index contributed by atoms with van der Waals surface area (Å²) in [5.74, 6) is 0.577. The molecule has 4 aromatic rings. The van der Waals surface area contributed by atoms with Crippen molar-refractivity contribution in [1.29, 1.82) is 0 Å². The second-order valence-corrected chi connectivity index (χ2v) is 7.29. The Hall–Kier alpha value is -3.70. The number of phenolic OH excluding ortho intramolecular Hbond substituents is 1. The third-order valence-electron chi connectivity index (χ3n) is 5.05. The third kappa shape index (κ3) is 5.13. The number of aromatic hydroxyl groups is 1. The van der Waals surface area contributed by atoms with Crippen molar-refractivity contribution in [2.45, 2.75) is 13.8 Å². The molecule has 0 atom stereocenters. The monoisotopic (exact) mass is 430 g/mol. The minimum Gasteiger partial charge on any atom is -0.507 e. The Morgan fingerprint density at radius 2 is 1.25 bits per heavy atom. The molecule has 164 valence electrons. The van der Waals surface area contributed by atoms with E-state index in [1.54, 1.807) is 26.2 Å². The maximum Gasteiger partial charge on any atom is 0.164 e. The molecule has 0 saturated carbocycles. The van der Waals surface area contributed by atoms with Crippen molar-refractivity contribution in [2.24, 2.45) is 0 Å². The molecule has 0 saturated heterocycles. The predicted octanol–water partition coefficient (Wildman–Crippen LogP) is 5.82. The molecule has 0 unspecified atom stereocenters. The van der Waals surface area contributed by atoms with Crippen LogP contribution in [-0.2, 0) is 4.74 Å². The van der Waals surface area contributed by atoms with Gasteiger partial charge < -0.3 is 14.6 Å². The Balaban J connectivity index is 0.000000186. The van der Waals surface area contributed by atoms with Crippen LogP contribution in [0.15, 0.2) is 72.8 Å². The molecule has 4 aromatic carbocycles. The average molecular weight is 431 g/mol. The highest BCUT2D eigenvalue weighted by Gasteiger charge is 2.13. The van der Waals surface area contributed by atoms with Gasteiger partial charge in [-0.25, -0.2) is 0 Å². The Bertz CT molecular complexity index is 1260. The SMILES string of the molecule is CC(=O)c1c(O)ccc2ccccc12.COCCOc1ccc2ccccc2c1C(C)=O. The lowest BCUT2D eigenvalue weighted by Crippen LogP contribution is -2.07. The fourth-order valence-electron chi connectivity index (χ4n) is 3.60. The van der Waals surface area contributed by atoms with Gasteiger partial charge in [-0.15, -0.1) is 0 Å². The number of rotatable bonds is 6. The zero-order valence-electron chi connectivity index (χ0n) is 18.4. The van der Waals surface area contributed by atoms with E-state index in [1.807, 2.05) is 60.7 Å². The Morgan fingerprint density at radius 1 is 0.719 bits per heavy atom. The Morgan fingerprint density at radius 3 is 1.81 bits per heavy atom. The van der Waals surface area contributed by atoms with Crippen molar-refractivity contribution < 1.29 is 24.2 Å². The van der Waals surface area contributed by atoms with E-state index in [0.29, 0.717) is 30.1 Å². The quantitative estimate of drug-likeness (QED) is 0.308. The van der Waals surface area contributed by atoms with Gasteiger partial charge in [0, 0.05) is 7.11 Å². The van der Waals surface area contributed by atoms with Crippen molar-refractivity contribution in [3.63, 3.8) is 0 Å². The normalized spacial score (nSPS) is 10.5. The van der Waals surface area contributed by atoms with E-state index >= 15 is 0 Å². The van der Waals surface area contributed by atoms with Crippen molar-refractivity contribution >= 4 is 33.1 Å². The highest BCUT2D eigenvalue weighted by molar-refractivity contribution is 6.10. The first-order valence-electron chi connectivity index (χ1n) is 10.3. The van der Waals surface area contributed by atoms with Crippen LogP contribution in [-0.4, -0.2) is 37.0 Å². The molecule has 0 heterocycles. The van der Waals surface area contributed by atoms with Gasteiger partial charge in [0.1, 0.15) is 18.1 Å². The minimum atomic E-state index is -0.112. The van der Waals surface area contributed by atoms with Crippen molar-refractivity contribution in [2.75, 3.05) is 20.3 Å². The summed E-state index contributed by atoms with van der Waals surface area (Å²) in [4.78, 5) is 23.1. The second kappa shape index (κ2) is 10.6. The fourth-order valence-corrected chi connectivity index (χ4v) is 3.60. The van der Waals surface area contributed by atoms with Gasteiger partial charge in [0.2, 0.25) is 0 Å². The first-order valence-corrected chi connectivity index (χ1v) is 10.3. The van der Waals surface area contributed by atoms with Gasteiger partial charge in [-0.2, -0.15) is 0 Å². The smallest absolute Gasteiger partial charge is 0.164 e. The van der Waals surface area contributed by atoms with E-state index in [1.165, 1.54) is 6.92 Å². The van der Waals surface area contributed by atoms with Crippen LogP contribution in [0, 0.1) is 0 Å². The van der Waals surface area contributed by atoms with Crippen LogP contribution >= 0.6 is 0 Å². The molecule has 0 aliphatic heterocycles. The van der Waals surface area contributed by atoms with Crippen molar-refractivity contribution in [1.82, 2.24) is 0 Å². The molecule has 4 rings (SSSR count). The summed E-state index contributed by atoms with van der Waals surface area (Å²) in [5.41, 5.74) is 1.05. The van der Waals surface area contributed by atoms with E-state index in [2.05, 4.69) is 0 Å². The van der Waals surface area contributed by atoms with Crippen LogP contribution in [0.5, 0.6) is 11.5 Å². The number of Topliss-reactive ketones (excluding diaryl/α,β-unsaturated/α-hetero) is 2. The van der Waals surface area contributed by atoms with Gasteiger partial charge in [-0.3, -0.25) is 9.59 Å². The highest BCUT2D eigenvalue weighted by atomic mass is 16.5. The zero-order valence-corrected chi connectivity index (χ0v) is 18.4. The predicted molar refractivity (Wildman–Crippen MR) is 127 cm³/mol. The van der Waals surface area contributed by atoms with Crippen LogP contribution in [0.3, 0.4) is 0 Å². The molecule has 0 radical (unpaired) electrons. The highest BCUT2D eigenvalue weighted by Crippen LogP contribution is 2.29. The lowest BCUT2D eigenvalue weighted by Gasteiger charge is -2.12. The number of ketones is 2. The van der Waals surface area contributed by atoms with Crippen LogP contribution in [0.25, 0.3) is 21.5 Å². The van der Waals surface area contributed by atoms with Crippen LogP contribution < -0.4 is 4.74 Å². The van der Waals surface area contributed by atoms with Gasteiger partial charge in [-0.1, -0.05) is 60.7 Å². The van der Waals surface area contributed by atoms with E-state index in [9.17, 15) is 14.7 Å². The number of carbonyl (C=O) groups excluding carboxylic acids is 2. The topological polar surface area (TPSA) is 72.8 Å². The number of phenols is 1. The molecule has 5 heteroatoms. The maximum absolute atomic E-state index is 11.8. The van der Waals surface area contributed by atoms with Crippen LogP contribution in [0.2, 0.25) is 0 Å². The molecule has 0 fully saturated rings. The summed E-state index contributed by atoms with van der Waals surface area (Å²) in [7, 11) is 1.62. The van der Waals surface area contributed by atoms with Gasteiger partial charge in [-0.05, 0) is 47.5 Å². The fraction of sp³-hybridized carbons (Fsp3) is 0.185. The van der Waals surface area contributed by atoms with Crippen molar-refractivity contribution in [3.05, 3.63) is 83.9 Å². The van der Waals surface area contributed by atoms with Gasteiger partial charge in [0.25, 0.3) is 0 Å². The van der Waals surface area contributed by atoms with Crippen molar-refractivity contribution in [3.8, 4) is 11.5 Å². The molecule has 5 nitrogen and oxygen atoms in total. The molecule has 32 heavy (non-hydrogen) atoms. The lowest BCUT2D eigenvalue weighted by atomic mass is 10.0. The van der Waals surface area contributed by atoms with E-state index in [4.69, 9.17) is 9.47 Å². The summed E-state index contributed by atoms with van der Waals surface area (Å²) in [6, 6.07) is 22.5.